The summed E-state index contributed by atoms with van der Waals surface area (Å²) in [6.45, 7) is 6.50. The van der Waals surface area contributed by atoms with E-state index in [1.807, 2.05) is 20.8 Å². The molecule has 2 aromatic carbocycles. The Balaban J connectivity index is 1.97. The van der Waals surface area contributed by atoms with Gasteiger partial charge in [-0.2, -0.15) is 4.31 Å². The Morgan fingerprint density at radius 2 is 1.68 bits per heavy atom. The van der Waals surface area contributed by atoms with E-state index in [1.54, 1.807) is 48.5 Å². The summed E-state index contributed by atoms with van der Waals surface area (Å²) in [5, 5.41) is 6.36. The first kappa shape index (κ1) is 22.4. The van der Waals surface area contributed by atoms with Crippen LogP contribution in [0.2, 0.25) is 5.02 Å². The normalized spacial score (nSPS) is 12.8. The first-order valence-corrected chi connectivity index (χ1v) is 11.0. The van der Waals surface area contributed by atoms with Gasteiger partial charge in [-0.25, -0.2) is 8.42 Å². The molecule has 0 saturated heterocycles. The lowest BCUT2D eigenvalue weighted by atomic mass is 10.1. The second-order valence-electron chi connectivity index (χ2n) is 6.29. The van der Waals surface area contributed by atoms with Crippen molar-refractivity contribution in [3.8, 4) is 0 Å². The smallest absolute Gasteiger partial charge is 0.243 e. The molecule has 1 amide bonds. The number of sulfonamides is 1. The molecule has 0 radical (unpaired) electrons. The number of para-hydroxylation sites is 1. The van der Waals surface area contributed by atoms with Gasteiger partial charge in [-0.15, -0.1) is 0 Å². The average molecular weight is 424 g/mol. The molecule has 0 aromatic heterocycles. The minimum atomic E-state index is -3.47. The lowest BCUT2D eigenvalue weighted by Crippen LogP contribution is -2.31. The number of nitrogens with one attached hydrogen (secondary N) is 2. The second-order valence-corrected chi connectivity index (χ2v) is 8.63. The fraction of sp³-hybridized carbons (Fsp3) is 0.350. The summed E-state index contributed by atoms with van der Waals surface area (Å²) in [5.41, 5.74) is 1.46. The molecule has 0 heterocycles. The van der Waals surface area contributed by atoms with E-state index < -0.39 is 10.0 Å². The maximum Gasteiger partial charge on any atom is 0.243 e. The Hall–Kier alpha value is -1.93. The first-order valence-electron chi connectivity index (χ1n) is 9.17. The zero-order chi connectivity index (χ0) is 20.7. The van der Waals surface area contributed by atoms with Crippen LogP contribution in [0.4, 0.5) is 5.69 Å². The van der Waals surface area contributed by atoms with Crippen molar-refractivity contribution in [1.29, 1.82) is 0 Å². The van der Waals surface area contributed by atoms with Gasteiger partial charge in [-0.3, -0.25) is 4.79 Å². The number of rotatable bonds is 9. The minimum absolute atomic E-state index is 0.103. The van der Waals surface area contributed by atoms with Crippen molar-refractivity contribution in [1.82, 2.24) is 9.62 Å². The van der Waals surface area contributed by atoms with Gasteiger partial charge in [0.15, 0.2) is 0 Å². The van der Waals surface area contributed by atoms with Crippen LogP contribution in [0.3, 0.4) is 0 Å². The third kappa shape index (κ3) is 5.54. The Kier molecular flexibility index (Phi) is 8.00. The third-order valence-corrected chi connectivity index (χ3v) is 6.83. The molecule has 0 spiro atoms. The van der Waals surface area contributed by atoms with Crippen LogP contribution in [-0.2, 0) is 14.8 Å². The van der Waals surface area contributed by atoms with Gasteiger partial charge in [0.2, 0.25) is 15.9 Å². The van der Waals surface area contributed by atoms with Crippen molar-refractivity contribution in [2.24, 2.45) is 0 Å². The quantitative estimate of drug-likeness (QED) is 0.645. The molecule has 0 aliphatic rings. The van der Waals surface area contributed by atoms with Gasteiger partial charge >= 0.3 is 0 Å². The largest absolute Gasteiger partial charge is 0.324 e. The molecule has 1 atom stereocenters. The van der Waals surface area contributed by atoms with Gasteiger partial charge in [0.1, 0.15) is 0 Å². The van der Waals surface area contributed by atoms with E-state index in [4.69, 9.17) is 11.6 Å². The van der Waals surface area contributed by atoms with Crippen LogP contribution in [0.1, 0.15) is 32.4 Å². The maximum atomic E-state index is 12.5. The molecule has 28 heavy (non-hydrogen) atoms. The molecule has 152 valence electrons. The lowest BCUT2D eigenvalue weighted by Gasteiger charge is -2.19. The second kappa shape index (κ2) is 10.0. The number of anilines is 1. The van der Waals surface area contributed by atoms with E-state index in [0.29, 0.717) is 23.8 Å². The predicted octanol–water partition coefficient (Wildman–Crippen LogP) is 3.66. The highest BCUT2D eigenvalue weighted by Crippen LogP contribution is 2.21. The van der Waals surface area contributed by atoms with E-state index >= 15 is 0 Å². The zero-order valence-corrected chi connectivity index (χ0v) is 17.8. The fourth-order valence-electron chi connectivity index (χ4n) is 2.76. The van der Waals surface area contributed by atoms with Crippen molar-refractivity contribution in [3.05, 3.63) is 59.1 Å². The molecule has 2 aromatic rings. The van der Waals surface area contributed by atoms with Crippen molar-refractivity contribution >= 4 is 33.2 Å². The molecule has 0 saturated carbocycles. The van der Waals surface area contributed by atoms with E-state index in [9.17, 15) is 13.2 Å². The number of hydrogen-bond donors (Lipinski definition) is 2. The molecule has 6 nitrogen and oxygen atoms in total. The van der Waals surface area contributed by atoms with Gasteiger partial charge in [0, 0.05) is 19.1 Å². The molecular weight excluding hydrogens is 398 g/mol. The predicted molar refractivity (Wildman–Crippen MR) is 113 cm³/mol. The molecule has 2 rings (SSSR count). The number of halogens is 1. The molecule has 8 heteroatoms. The lowest BCUT2D eigenvalue weighted by molar-refractivity contribution is -0.115. The van der Waals surface area contributed by atoms with Crippen LogP contribution < -0.4 is 10.6 Å². The highest BCUT2D eigenvalue weighted by atomic mass is 35.5. The van der Waals surface area contributed by atoms with E-state index in [-0.39, 0.29) is 23.4 Å². The van der Waals surface area contributed by atoms with E-state index in [1.165, 1.54) is 4.31 Å². The van der Waals surface area contributed by atoms with E-state index in [0.717, 1.165) is 5.56 Å². The van der Waals surface area contributed by atoms with Gasteiger partial charge < -0.3 is 10.6 Å². The highest BCUT2D eigenvalue weighted by molar-refractivity contribution is 7.89. The van der Waals surface area contributed by atoms with Crippen LogP contribution in [-0.4, -0.2) is 38.3 Å². The number of nitrogens with zero attached hydrogens (tertiary/aromatic N) is 1. The van der Waals surface area contributed by atoms with Gasteiger partial charge in [0.25, 0.3) is 0 Å². The Morgan fingerprint density at radius 3 is 2.25 bits per heavy atom. The van der Waals surface area contributed by atoms with Crippen LogP contribution in [0, 0.1) is 0 Å². The summed E-state index contributed by atoms with van der Waals surface area (Å²) in [6.07, 6.45) is 0. The van der Waals surface area contributed by atoms with Crippen LogP contribution in [0.25, 0.3) is 0 Å². The SMILES string of the molecule is CCN(CC)S(=O)(=O)c1ccc([C@@H](C)NCC(=O)Nc2ccccc2Cl)cc1. The molecule has 0 bridgehead atoms. The number of hydrogen-bond acceptors (Lipinski definition) is 4. The van der Waals surface area contributed by atoms with Crippen LogP contribution in [0.5, 0.6) is 0 Å². The van der Waals surface area contributed by atoms with E-state index in [2.05, 4.69) is 10.6 Å². The Labute approximate surface area is 171 Å². The fourth-order valence-corrected chi connectivity index (χ4v) is 4.40. The summed E-state index contributed by atoms with van der Waals surface area (Å²) in [7, 11) is -3.47. The standard InChI is InChI=1S/C20H26ClN3O3S/c1-4-24(5-2)28(26,27)17-12-10-16(11-13-17)15(3)22-14-20(25)23-19-9-7-6-8-18(19)21/h6-13,15,22H,4-5,14H2,1-3H3,(H,23,25)/t15-/m1/s1. The maximum absolute atomic E-state index is 12.5. The van der Waals surface area contributed by atoms with Gasteiger partial charge in [-0.1, -0.05) is 49.7 Å². The zero-order valence-electron chi connectivity index (χ0n) is 16.3. The monoisotopic (exact) mass is 423 g/mol. The number of amides is 1. The molecule has 0 fully saturated rings. The number of benzene rings is 2. The van der Waals surface area contributed by atoms with Crippen molar-refractivity contribution in [2.75, 3.05) is 25.0 Å². The van der Waals surface area contributed by atoms with Crippen molar-refractivity contribution in [2.45, 2.75) is 31.7 Å². The summed E-state index contributed by atoms with van der Waals surface area (Å²) in [6, 6.07) is 13.6. The topological polar surface area (TPSA) is 78.5 Å². The molecule has 0 unspecified atom stereocenters. The third-order valence-electron chi connectivity index (χ3n) is 4.44. The highest BCUT2D eigenvalue weighted by Gasteiger charge is 2.21. The molecule has 2 N–H and O–H groups in total. The van der Waals surface area contributed by atoms with Crippen LogP contribution >= 0.6 is 11.6 Å². The first-order chi connectivity index (χ1) is 13.3. The molecule has 0 aliphatic carbocycles. The molecule has 0 aliphatic heterocycles. The van der Waals surface area contributed by atoms with Gasteiger partial charge in [0.05, 0.1) is 22.2 Å². The summed E-state index contributed by atoms with van der Waals surface area (Å²) in [4.78, 5) is 12.4. The Morgan fingerprint density at radius 1 is 1.07 bits per heavy atom. The number of carbonyl (C=O) groups excluding carboxylic acids is 1. The average Bonchev–Trinajstić information content (AvgIpc) is 2.68. The van der Waals surface area contributed by atoms with Gasteiger partial charge in [-0.05, 0) is 36.8 Å². The summed E-state index contributed by atoms with van der Waals surface area (Å²) >= 11 is 6.03. The van der Waals surface area contributed by atoms with Crippen molar-refractivity contribution < 1.29 is 13.2 Å². The summed E-state index contributed by atoms with van der Waals surface area (Å²) in [5.74, 6) is -0.208. The summed E-state index contributed by atoms with van der Waals surface area (Å²) < 4.78 is 26.5. The van der Waals surface area contributed by atoms with Crippen LogP contribution in [0.15, 0.2) is 53.4 Å². The number of carbonyl (C=O) groups is 1. The Bertz CT molecular complexity index is 897. The molecular formula is C20H26ClN3O3S. The van der Waals surface area contributed by atoms with Crippen molar-refractivity contribution in [3.63, 3.8) is 0 Å². The minimum Gasteiger partial charge on any atom is -0.324 e.